The lowest BCUT2D eigenvalue weighted by atomic mass is 10.1. The number of amides is 2. The first-order valence-corrected chi connectivity index (χ1v) is 10.4. The van der Waals surface area contributed by atoms with Crippen molar-refractivity contribution in [2.24, 2.45) is 0 Å². The zero-order chi connectivity index (χ0) is 22.0. The van der Waals surface area contributed by atoms with Crippen LogP contribution < -0.4 is 5.32 Å². The molecule has 31 heavy (non-hydrogen) atoms. The number of benzene rings is 2. The molecule has 1 aliphatic heterocycles. The van der Waals surface area contributed by atoms with Gasteiger partial charge >= 0.3 is 6.18 Å². The number of carbonyl (C=O) groups is 2. The van der Waals surface area contributed by atoms with E-state index < -0.39 is 17.6 Å². The van der Waals surface area contributed by atoms with Gasteiger partial charge in [0.05, 0.1) is 24.1 Å². The van der Waals surface area contributed by atoms with E-state index in [9.17, 15) is 22.8 Å². The first-order valence-electron chi connectivity index (χ1n) is 9.33. The molecule has 1 fully saturated rings. The highest BCUT2D eigenvalue weighted by Crippen LogP contribution is 2.39. The zero-order valence-electron chi connectivity index (χ0n) is 16.1. The van der Waals surface area contributed by atoms with Crippen LogP contribution in [0.5, 0.6) is 0 Å². The van der Waals surface area contributed by atoms with Gasteiger partial charge in [-0.1, -0.05) is 18.2 Å². The Labute approximate surface area is 180 Å². The second kappa shape index (κ2) is 8.50. The van der Waals surface area contributed by atoms with Gasteiger partial charge in [-0.25, -0.2) is 0 Å². The molecular formula is C22H17F3N2O3S. The summed E-state index contributed by atoms with van der Waals surface area (Å²) < 4.78 is 43.9. The van der Waals surface area contributed by atoms with Gasteiger partial charge in [-0.3, -0.25) is 9.59 Å². The van der Waals surface area contributed by atoms with E-state index >= 15 is 0 Å². The van der Waals surface area contributed by atoms with Crippen LogP contribution in [0.2, 0.25) is 0 Å². The van der Waals surface area contributed by atoms with Gasteiger partial charge in [-0.2, -0.15) is 13.2 Å². The number of hydrogen-bond acceptors (Lipinski definition) is 4. The number of halogens is 3. The smallest absolute Gasteiger partial charge is 0.416 e. The molecule has 0 radical (unpaired) electrons. The molecule has 2 amide bonds. The number of furan rings is 1. The molecule has 0 bridgehead atoms. The van der Waals surface area contributed by atoms with E-state index in [1.807, 2.05) is 0 Å². The van der Waals surface area contributed by atoms with Gasteiger partial charge in [0.25, 0.3) is 5.91 Å². The second-order valence-corrected chi connectivity index (χ2v) is 7.99. The number of nitrogens with zero attached hydrogens (tertiary/aromatic N) is 1. The first kappa shape index (κ1) is 21.0. The third-order valence-electron chi connectivity index (χ3n) is 4.78. The fraction of sp³-hybridized carbons (Fsp3) is 0.182. The van der Waals surface area contributed by atoms with E-state index in [0.717, 1.165) is 17.7 Å². The Hall–Kier alpha value is -3.20. The largest absolute Gasteiger partial charge is 0.467 e. The normalized spacial score (nSPS) is 16.5. The number of nitrogens with one attached hydrogen (secondary N) is 1. The molecule has 4 rings (SSSR count). The molecule has 3 aromatic rings. The van der Waals surface area contributed by atoms with Gasteiger partial charge in [0.1, 0.15) is 11.1 Å². The van der Waals surface area contributed by atoms with Crippen molar-refractivity contribution in [3.05, 3.63) is 89.4 Å². The maximum Gasteiger partial charge on any atom is 0.416 e. The van der Waals surface area contributed by atoms with Crippen molar-refractivity contribution in [1.82, 2.24) is 4.90 Å². The molecule has 2 aromatic carbocycles. The van der Waals surface area contributed by atoms with Crippen molar-refractivity contribution in [2.45, 2.75) is 18.1 Å². The first-order chi connectivity index (χ1) is 14.8. The predicted molar refractivity (Wildman–Crippen MR) is 110 cm³/mol. The quantitative estimate of drug-likeness (QED) is 0.576. The van der Waals surface area contributed by atoms with Gasteiger partial charge in [0.15, 0.2) is 0 Å². The van der Waals surface area contributed by atoms with Crippen LogP contribution in [0.1, 0.15) is 32.6 Å². The standard InChI is InChI=1S/C22H17F3N2O3S/c23-22(24,25)16-3-1-4-17(11-16)26-20(29)14-6-8-15(9-7-14)21-27(19(28)13-31-21)12-18-5-2-10-30-18/h1-11,21H,12-13H2,(H,26,29). The highest BCUT2D eigenvalue weighted by atomic mass is 32.2. The second-order valence-electron chi connectivity index (χ2n) is 6.92. The Morgan fingerprint density at radius 2 is 1.90 bits per heavy atom. The molecule has 160 valence electrons. The Bertz CT molecular complexity index is 1080. The van der Waals surface area contributed by atoms with E-state index in [-0.39, 0.29) is 17.0 Å². The topological polar surface area (TPSA) is 62.6 Å². The van der Waals surface area contributed by atoms with Gasteiger partial charge in [0.2, 0.25) is 5.91 Å². The van der Waals surface area contributed by atoms with Gasteiger partial charge < -0.3 is 14.6 Å². The summed E-state index contributed by atoms with van der Waals surface area (Å²) in [5.41, 5.74) is 0.372. The highest BCUT2D eigenvalue weighted by molar-refractivity contribution is 8.00. The minimum Gasteiger partial charge on any atom is -0.467 e. The lowest BCUT2D eigenvalue weighted by molar-refractivity contribution is -0.137. The molecule has 1 N–H and O–H groups in total. The summed E-state index contributed by atoms with van der Waals surface area (Å²) in [6, 6.07) is 14.7. The van der Waals surface area contributed by atoms with E-state index in [2.05, 4.69) is 5.32 Å². The average molecular weight is 446 g/mol. The highest BCUT2D eigenvalue weighted by Gasteiger charge is 2.33. The molecule has 0 aliphatic carbocycles. The van der Waals surface area contributed by atoms with E-state index in [1.54, 1.807) is 47.6 Å². The zero-order valence-corrected chi connectivity index (χ0v) is 16.9. The Morgan fingerprint density at radius 1 is 1.13 bits per heavy atom. The molecule has 0 spiro atoms. The Kier molecular flexibility index (Phi) is 5.77. The number of thioether (sulfide) groups is 1. The summed E-state index contributed by atoms with van der Waals surface area (Å²) in [5.74, 6) is 0.507. The summed E-state index contributed by atoms with van der Waals surface area (Å²) in [5, 5.41) is 2.27. The molecule has 5 nitrogen and oxygen atoms in total. The lowest BCUT2D eigenvalue weighted by Gasteiger charge is -2.23. The van der Waals surface area contributed by atoms with Crippen LogP contribution in [0.25, 0.3) is 0 Å². The number of rotatable bonds is 5. The minimum atomic E-state index is -4.49. The average Bonchev–Trinajstić information content (AvgIpc) is 3.38. The van der Waals surface area contributed by atoms with Gasteiger partial charge in [-0.15, -0.1) is 11.8 Å². The molecule has 1 saturated heterocycles. The maximum atomic E-state index is 12.9. The predicted octanol–water partition coefficient (Wildman–Crippen LogP) is 5.32. The molecular weight excluding hydrogens is 429 g/mol. The summed E-state index contributed by atoms with van der Waals surface area (Å²) in [6.45, 7) is 0.348. The Balaban J connectivity index is 1.46. The summed E-state index contributed by atoms with van der Waals surface area (Å²) in [4.78, 5) is 26.5. The monoisotopic (exact) mass is 446 g/mol. The van der Waals surface area contributed by atoms with Crippen LogP contribution in [-0.2, 0) is 17.5 Å². The number of alkyl halides is 3. The van der Waals surface area contributed by atoms with Gasteiger partial charge in [-0.05, 0) is 48.0 Å². The number of carbonyl (C=O) groups excluding carboxylic acids is 2. The van der Waals surface area contributed by atoms with Crippen molar-refractivity contribution in [3.8, 4) is 0 Å². The molecule has 1 unspecified atom stereocenters. The third kappa shape index (κ3) is 4.77. The molecule has 2 heterocycles. The SMILES string of the molecule is O=C(Nc1cccc(C(F)(F)F)c1)c1ccc(C2SCC(=O)N2Cc2ccco2)cc1. The van der Waals surface area contributed by atoms with Crippen molar-refractivity contribution >= 4 is 29.3 Å². The van der Waals surface area contributed by atoms with E-state index in [0.29, 0.717) is 23.6 Å². The van der Waals surface area contributed by atoms with Crippen LogP contribution in [0.4, 0.5) is 18.9 Å². The minimum absolute atomic E-state index is 0.00207. The van der Waals surface area contributed by atoms with Crippen molar-refractivity contribution in [2.75, 3.05) is 11.1 Å². The molecule has 1 atom stereocenters. The summed E-state index contributed by atoms with van der Waals surface area (Å²) in [7, 11) is 0. The van der Waals surface area contributed by atoms with Crippen molar-refractivity contribution < 1.29 is 27.2 Å². The summed E-state index contributed by atoms with van der Waals surface area (Å²) >= 11 is 1.48. The fourth-order valence-corrected chi connectivity index (χ4v) is 4.44. The van der Waals surface area contributed by atoms with Crippen LogP contribution in [0, 0.1) is 0 Å². The third-order valence-corrected chi connectivity index (χ3v) is 6.04. The van der Waals surface area contributed by atoms with Crippen LogP contribution in [0.3, 0.4) is 0 Å². The molecule has 1 aliphatic rings. The number of hydrogen-bond donors (Lipinski definition) is 1. The van der Waals surface area contributed by atoms with Crippen LogP contribution in [0.15, 0.2) is 71.3 Å². The maximum absolute atomic E-state index is 12.9. The molecule has 0 saturated carbocycles. The molecule has 9 heteroatoms. The van der Waals surface area contributed by atoms with E-state index in [1.165, 1.54) is 23.9 Å². The lowest BCUT2D eigenvalue weighted by Crippen LogP contribution is -2.27. The number of anilines is 1. The Morgan fingerprint density at radius 3 is 2.58 bits per heavy atom. The fourth-order valence-electron chi connectivity index (χ4n) is 3.25. The van der Waals surface area contributed by atoms with Gasteiger partial charge in [0, 0.05) is 11.3 Å². The van der Waals surface area contributed by atoms with E-state index in [4.69, 9.17) is 4.42 Å². The van der Waals surface area contributed by atoms with Crippen LogP contribution in [-0.4, -0.2) is 22.5 Å². The van der Waals surface area contributed by atoms with Crippen LogP contribution >= 0.6 is 11.8 Å². The van der Waals surface area contributed by atoms with Crippen molar-refractivity contribution in [1.29, 1.82) is 0 Å². The molecule has 1 aromatic heterocycles. The van der Waals surface area contributed by atoms with Crippen molar-refractivity contribution in [3.63, 3.8) is 0 Å². The summed E-state index contributed by atoms with van der Waals surface area (Å²) in [6.07, 6.45) is -2.93.